The molecule has 0 saturated carbocycles. The number of nitrogens with zero attached hydrogens (tertiary/aromatic N) is 2. The van der Waals surface area contributed by atoms with Gasteiger partial charge in [-0.15, -0.1) is 0 Å². The summed E-state index contributed by atoms with van der Waals surface area (Å²) in [5.41, 5.74) is 2.08. The van der Waals surface area contributed by atoms with Crippen molar-refractivity contribution < 1.29 is 9.53 Å². The zero-order valence-corrected chi connectivity index (χ0v) is 12.1. The number of ether oxygens (including phenoxy) is 1. The maximum atomic E-state index is 13.0. The highest BCUT2D eigenvalue weighted by Crippen LogP contribution is 2.31. The maximum absolute atomic E-state index is 13.0. The molecule has 0 bridgehead atoms. The van der Waals surface area contributed by atoms with Crippen molar-refractivity contribution in [3.8, 4) is 11.8 Å². The first-order valence-electron chi connectivity index (χ1n) is 6.89. The van der Waals surface area contributed by atoms with E-state index < -0.39 is 6.04 Å². The van der Waals surface area contributed by atoms with Crippen LogP contribution >= 0.6 is 0 Å². The second-order valence-electron chi connectivity index (χ2n) is 4.87. The van der Waals surface area contributed by atoms with E-state index in [0.29, 0.717) is 11.3 Å². The van der Waals surface area contributed by atoms with Gasteiger partial charge < -0.3 is 4.74 Å². The standard InChI is InChI=1S/C18H14N2O2/c1-22-17-9-5-3-7-15(17)18(21)20-14(12-19)11-10-13-6-2-4-8-16(13)20/h2-11,14H,1H3. The predicted molar refractivity (Wildman–Crippen MR) is 84.7 cm³/mol. The smallest absolute Gasteiger partial charge is 0.263 e. The van der Waals surface area contributed by atoms with Crippen molar-refractivity contribution in [3.05, 3.63) is 65.7 Å². The molecule has 1 unspecified atom stereocenters. The lowest BCUT2D eigenvalue weighted by atomic mass is 10.0. The van der Waals surface area contributed by atoms with Gasteiger partial charge in [0.15, 0.2) is 0 Å². The van der Waals surface area contributed by atoms with Crippen molar-refractivity contribution >= 4 is 17.7 Å². The molecular formula is C18H14N2O2. The number of carbonyl (C=O) groups excluding carboxylic acids is 1. The van der Waals surface area contributed by atoms with Gasteiger partial charge in [0.05, 0.1) is 24.4 Å². The highest BCUT2D eigenvalue weighted by Gasteiger charge is 2.30. The van der Waals surface area contributed by atoms with E-state index in [1.807, 2.05) is 30.3 Å². The highest BCUT2D eigenvalue weighted by atomic mass is 16.5. The van der Waals surface area contributed by atoms with Crippen LogP contribution in [0.25, 0.3) is 6.08 Å². The topological polar surface area (TPSA) is 53.3 Å². The van der Waals surface area contributed by atoms with Crippen LogP contribution in [0, 0.1) is 11.3 Å². The summed E-state index contributed by atoms with van der Waals surface area (Å²) in [5, 5.41) is 9.38. The van der Waals surface area contributed by atoms with Crippen LogP contribution in [-0.2, 0) is 0 Å². The molecule has 4 nitrogen and oxygen atoms in total. The minimum atomic E-state index is -0.632. The van der Waals surface area contributed by atoms with Crippen LogP contribution in [0.1, 0.15) is 15.9 Å². The van der Waals surface area contributed by atoms with Gasteiger partial charge in [-0.05, 0) is 29.8 Å². The molecule has 0 saturated heterocycles. The highest BCUT2D eigenvalue weighted by molar-refractivity contribution is 6.10. The molecule has 0 aliphatic carbocycles. The largest absolute Gasteiger partial charge is 0.496 e. The van der Waals surface area contributed by atoms with Crippen LogP contribution < -0.4 is 9.64 Å². The van der Waals surface area contributed by atoms with Gasteiger partial charge in [-0.3, -0.25) is 9.69 Å². The second-order valence-corrected chi connectivity index (χ2v) is 4.87. The van der Waals surface area contributed by atoms with E-state index >= 15 is 0 Å². The number of para-hydroxylation sites is 2. The number of methoxy groups -OCH3 is 1. The number of anilines is 1. The molecule has 1 heterocycles. The molecule has 0 aromatic heterocycles. The predicted octanol–water partition coefficient (Wildman–Crippen LogP) is 3.26. The Labute approximate surface area is 128 Å². The zero-order valence-electron chi connectivity index (χ0n) is 12.1. The van der Waals surface area contributed by atoms with Gasteiger partial charge in [-0.1, -0.05) is 36.4 Å². The monoisotopic (exact) mass is 290 g/mol. The maximum Gasteiger partial charge on any atom is 0.263 e. The Morgan fingerprint density at radius 2 is 1.91 bits per heavy atom. The van der Waals surface area contributed by atoms with Gasteiger partial charge in [0, 0.05) is 0 Å². The number of amides is 1. The normalized spacial score (nSPS) is 15.8. The molecule has 1 amide bonds. The van der Waals surface area contributed by atoms with Gasteiger partial charge in [0.1, 0.15) is 11.8 Å². The van der Waals surface area contributed by atoms with Crippen LogP contribution in [-0.4, -0.2) is 19.1 Å². The summed E-state index contributed by atoms with van der Waals surface area (Å²) in [5.74, 6) is 0.247. The van der Waals surface area contributed by atoms with E-state index in [1.54, 1.807) is 30.3 Å². The minimum absolute atomic E-state index is 0.249. The molecule has 2 aromatic carbocycles. The van der Waals surface area contributed by atoms with E-state index in [9.17, 15) is 10.1 Å². The molecular weight excluding hydrogens is 276 g/mol. The molecule has 1 atom stereocenters. The summed E-state index contributed by atoms with van der Waals surface area (Å²) in [7, 11) is 1.53. The Hall–Kier alpha value is -3.06. The summed E-state index contributed by atoms with van der Waals surface area (Å²) in [6.45, 7) is 0. The lowest BCUT2D eigenvalue weighted by Gasteiger charge is -2.30. The van der Waals surface area contributed by atoms with Crippen molar-refractivity contribution in [1.82, 2.24) is 0 Å². The second kappa shape index (κ2) is 5.74. The Balaban J connectivity index is 2.11. The van der Waals surface area contributed by atoms with Crippen molar-refractivity contribution in [2.75, 3.05) is 12.0 Å². The summed E-state index contributed by atoms with van der Waals surface area (Å²) >= 11 is 0. The Bertz CT molecular complexity index is 790. The number of rotatable bonds is 2. The quantitative estimate of drug-likeness (QED) is 0.853. The van der Waals surface area contributed by atoms with Crippen molar-refractivity contribution in [3.63, 3.8) is 0 Å². The third-order valence-corrected chi connectivity index (χ3v) is 3.62. The molecule has 1 aliphatic heterocycles. The van der Waals surface area contributed by atoms with Gasteiger partial charge in [0.25, 0.3) is 5.91 Å². The third kappa shape index (κ3) is 2.23. The number of carbonyl (C=O) groups is 1. The summed E-state index contributed by atoms with van der Waals surface area (Å²) in [6.07, 6.45) is 3.60. The van der Waals surface area contributed by atoms with Crippen molar-refractivity contribution in [1.29, 1.82) is 5.26 Å². The number of nitriles is 1. The molecule has 108 valence electrons. The SMILES string of the molecule is COc1ccccc1C(=O)N1c2ccccc2C=CC1C#N. The van der Waals surface area contributed by atoms with Gasteiger partial charge in [-0.25, -0.2) is 0 Å². The molecule has 0 fully saturated rings. The Kier molecular flexibility index (Phi) is 3.63. The van der Waals surface area contributed by atoms with E-state index in [2.05, 4.69) is 6.07 Å². The van der Waals surface area contributed by atoms with E-state index in [4.69, 9.17) is 4.74 Å². The average Bonchev–Trinajstić information content (AvgIpc) is 2.60. The minimum Gasteiger partial charge on any atom is -0.496 e. The molecule has 2 aromatic rings. The molecule has 0 radical (unpaired) electrons. The fraction of sp³-hybridized carbons (Fsp3) is 0.111. The lowest BCUT2D eigenvalue weighted by Crippen LogP contribution is -2.40. The van der Waals surface area contributed by atoms with Gasteiger partial charge >= 0.3 is 0 Å². The Morgan fingerprint density at radius 1 is 1.18 bits per heavy atom. The molecule has 1 aliphatic rings. The van der Waals surface area contributed by atoms with Gasteiger partial charge in [0.2, 0.25) is 0 Å². The molecule has 22 heavy (non-hydrogen) atoms. The molecule has 3 rings (SSSR count). The third-order valence-electron chi connectivity index (χ3n) is 3.62. The Morgan fingerprint density at radius 3 is 2.68 bits per heavy atom. The van der Waals surface area contributed by atoms with Crippen molar-refractivity contribution in [2.45, 2.75) is 6.04 Å². The molecule has 4 heteroatoms. The number of benzene rings is 2. The number of hydrogen-bond acceptors (Lipinski definition) is 3. The van der Waals surface area contributed by atoms with E-state index in [0.717, 1.165) is 11.3 Å². The number of fused-ring (bicyclic) bond motifs is 1. The first-order chi connectivity index (χ1) is 10.8. The number of hydrogen-bond donors (Lipinski definition) is 0. The fourth-order valence-electron chi connectivity index (χ4n) is 2.57. The summed E-state index contributed by atoms with van der Waals surface area (Å²) in [4.78, 5) is 14.5. The van der Waals surface area contributed by atoms with Crippen LogP contribution in [0.2, 0.25) is 0 Å². The van der Waals surface area contributed by atoms with Crippen LogP contribution in [0.5, 0.6) is 5.75 Å². The average molecular weight is 290 g/mol. The first kappa shape index (κ1) is 13.9. The zero-order chi connectivity index (χ0) is 15.5. The van der Waals surface area contributed by atoms with Crippen molar-refractivity contribution in [2.24, 2.45) is 0 Å². The molecule has 0 N–H and O–H groups in total. The molecule has 0 spiro atoms. The van der Waals surface area contributed by atoms with Crippen LogP contribution in [0.15, 0.2) is 54.6 Å². The van der Waals surface area contributed by atoms with Crippen LogP contribution in [0.3, 0.4) is 0 Å². The van der Waals surface area contributed by atoms with Gasteiger partial charge in [-0.2, -0.15) is 5.26 Å². The van der Waals surface area contributed by atoms with E-state index in [1.165, 1.54) is 12.0 Å². The first-order valence-corrected chi connectivity index (χ1v) is 6.89. The van der Waals surface area contributed by atoms with Crippen LogP contribution in [0.4, 0.5) is 5.69 Å². The summed E-state index contributed by atoms with van der Waals surface area (Å²) in [6, 6.07) is 16.1. The van der Waals surface area contributed by atoms with E-state index in [-0.39, 0.29) is 5.91 Å². The fourth-order valence-corrected chi connectivity index (χ4v) is 2.57. The lowest BCUT2D eigenvalue weighted by molar-refractivity contribution is 0.0982. The summed E-state index contributed by atoms with van der Waals surface area (Å²) < 4.78 is 5.27.